The summed E-state index contributed by atoms with van der Waals surface area (Å²) in [6, 6.07) is 4.97. The largest absolute Gasteiger partial charge is 0.493 e. The van der Waals surface area contributed by atoms with Crippen LogP contribution >= 0.6 is 24.0 Å². The van der Waals surface area contributed by atoms with Gasteiger partial charge in [0.05, 0.1) is 6.61 Å². The number of ether oxygens (including phenoxy) is 2. The third-order valence-electron chi connectivity index (χ3n) is 3.07. The molecular weight excluding hydrogens is 419 g/mol. The minimum Gasteiger partial charge on any atom is -0.493 e. The van der Waals surface area contributed by atoms with Gasteiger partial charge in [-0.05, 0) is 25.0 Å². The van der Waals surface area contributed by atoms with Crippen LogP contribution in [0.25, 0.3) is 0 Å². The zero-order valence-corrected chi connectivity index (χ0v) is 15.3. The summed E-state index contributed by atoms with van der Waals surface area (Å²) < 4.78 is 35.2. The lowest BCUT2D eigenvalue weighted by atomic mass is 10.2. The molecule has 0 spiro atoms. The maximum absolute atomic E-state index is 12.6. The molecule has 1 aromatic carbocycles. The van der Waals surface area contributed by atoms with Crippen LogP contribution in [0.15, 0.2) is 23.2 Å². The van der Waals surface area contributed by atoms with Gasteiger partial charge in [0.2, 0.25) is 0 Å². The number of halogens is 3. The van der Waals surface area contributed by atoms with Crippen molar-refractivity contribution >= 4 is 29.9 Å². The summed E-state index contributed by atoms with van der Waals surface area (Å²) in [6.07, 6.45) is 1.84. The van der Waals surface area contributed by atoms with Crippen molar-refractivity contribution < 1.29 is 18.3 Å². The van der Waals surface area contributed by atoms with E-state index in [0.717, 1.165) is 25.9 Å². The Balaban J connectivity index is 0.00000264. The molecule has 0 saturated carbocycles. The van der Waals surface area contributed by atoms with E-state index in [1.54, 1.807) is 12.1 Å². The fraction of sp³-hybridized carbons (Fsp3) is 0.533. The second-order valence-electron chi connectivity index (χ2n) is 4.86. The van der Waals surface area contributed by atoms with Crippen LogP contribution < -0.4 is 20.1 Å². The lowest BCUT2D eigenvalue weighted by Gasteiger charge is -2.18. The lowest BCUT2D eigenvalue weighted by Crippen LogP contribution is -2.40. The molecule has 0 aliphatic carbocycles. The number of nitrogens with one attached hydrogen (secondary N) is 2. The summed E-state index contributed by atoms with van der Waals surface area (Å²) >= 11 is 0. The first kappa shape index (κ1) is 19.7. The summed E-state index contributed by atoms with van der Waals surface area (Å²) in [5.74, 6) is 1.32. The van der Waals surface area contributed by atoms with Crippen LogP contribution in [-0.2, 0) is 6.54 Å². The van der Waals surface area contributed by atoms with E-state index in [4.69, 9.17) is 4.74 Å². The van der Waals surface area contributed by atoms with Gasteiger partial charge in [-0.15, -0.1) is 24.0 Å². The van der Waals surface area contributed by atoms with E-state index in [2.05, 4.69) is 20.4 Å². The van der Waals surface area contributed by atoms with Gasteiger partial charge in [-0.1, -0.05) is 6.92 Å². The summed E-state index contributed by atoms with van der Waals surface area (Å²) in [4.78, 5) is 4.27. The molecule has 5 nitrogen and oxygen atoms in total. The third kappa shape index (κ3) is 6.76. The molecule has 2 N–H and O–H groups in total. The summed E-state index contributed by atoms with van der Waals surface area (Å²) in [5.41, 5.74) is 0.624. The third-order valence-corrected chi connectivity index (χ3v) is 3.07. The highest BCUT2D eigenvalue weighted by molar-refractivity contribution is 14.0. The van der Waals surface area contributed by atoms with Gasteiger partial charge in [-0.3, -0.25) is 4.99 Å². The highest BCUT2D eigenvalue weighted by Crippen LogP contribution is 2.26. The van der Waals surface area contributed by atoms with Gasteiger partial charge >= 0.3 is 6.61 Å². The van der Waals surface area contributed by atoms with Crippen molar-refractivity contribution in [2.45, 2.75) is 32.9 Å². The van der Waals surface area contributed by atoms with E-state index >= 15 is 0 Å². The van der Waals surface area contributed by atoms with Crippen LogP contribution in [0.4, 0.5) is 8.78 Å². The molecule has 130 valence electrons. The van der Waals surface area contributed by atoms with Crippen LogP contribution in [-0.4, -0.2) is 32.3 Å². The number of nitrogens with zero attached hydrogens (tertiary/aromatic N) is 1. The van der Waals surface area contributed by atoms with E-state index in [-0.39, 0.29) is 29.7 Å². The van der Waals surface area contributed by atoms with E-state index in [9.17, 15) is 8.78 Å². The molecule has 0 saturated heterocycles. The zero-order chi connectivity index (χ0) is 15.8. The Morgan fingerprint density at radius 3 is 2.87 bits per heavy atom. The van der Waals surface area contributed by atoms with Gasteiger partial charge in [-0.25, -0.2) is 0 Å². The van der Waals surface area contributed by atoms with E-state index < -0.39 is 6.61 Å². The molecule has 0 radical (unpaired) electrons. The first-order chi connectivity index (χ1) is 10.7. The van der Waals surface area contributed by atoms with Crippen LogP contribution in [0.3, 0.4) is 0 Å². The SMILES string of the molecule is CCCOc1ccc(CNC2=NCCCN2)c(OC(F)F)c1.I. The fourth-order valence-corrected chi connectivity index (χ4v) is 2.03. The van der Waals surface area contributed by atoms with Gasteiger partial charge < -0.3 is 20.1 Å². The van der Waals surface area contributed by atoms with Gasteiger partial charge in [-0.2, -0.15) is 8.78 Å². The van der Waals surface area contributed by atoms with E-state index in [1.165, 1.54) is 6.07 Å². The Labute approximate surface area is 151 Å². The van der Waals surface area contributed by atoms with Crippen molar-refractivity contribution in [3.05, 3.63) is 23.8 Å². The number of alkyl halides is 2. The van der Waals surface area contributed by atoms with Gasteiger partial charge in [0.15, 0.2) is 5.96 Å². The highest BCUT2D eigenvalue weighted by atomic mass is 127. The van der Waals surface area contributed by atoms with Gasteiger partial charge in [0.1, 0.15) is 11.5 Å². The predicted octanol–water partition coefficient (Wildman–Crippen LogP) is 3.13. The first-order valence-corrected chi connectivity index (χ1v) is 7.41. The number of benzene rings is 1. The Morgan fingerprint density at radius 2 is 2.22 bits per heavy atom. The lowest BCUT2D eigenvalue weighted by molar-refractivity contribution is -0.0505. The average Bonchev–Trinajstić information content (AvgIpc) is 2.52. The number of hydrogen-bond acceptors (Lipinski definition) is 5. The Bertz CT molecular complexity index is 515. The Kier molecular flexibility index (Phi) is 8.97. The molecule has 0 unspecified atom stereocenters. The van der Waals surface area contributed by atoms with Crippen LogP contribution in [0.5, 0.6) is 11.5 Å². The number of rotatable bonds is 7. The van der Waals surface area contributed by atoms with Gasteiger partial charge in [0.25, 0.3) is 0 Å². The molecule has 1 aliphatic rings. The topological polar surface area (TPSA) is 54.9 Å². The second-order valence-corrected chi connectivity index (χ2v) is 4.86. The molecule has 0 fully saturated rings. The van der Waals surface area contributed by atoms with Crippen molar-refractivity contribution in [1.82, 2.24) is 10.6 Å². The molecule has 0 bridgehead atoms. The summed E-state index contributed by atoms with van der Waals surface area (Å²) in [5, 5.41) is 6.20. The minimum atomic E-state index is -2.87. The zero-order valence-electron chi connectivity index (χ0n) is 13.0. The van der Waals surface area contributed by atoms with Crippen molar-refractivity contribution in [3.63, 3.8) is 0 Å². The first-order valence-electron chi connectivity index (χ1n) is 7.41. The number of guanidine groups is 1. The van der Waals surface area contributed by atoms with Crippen LogP contribution in [0.2, 0.25) is 0 Å². The molecule has 1 aliphatic heterocycles. The standard InChI is InChI=1S/C15H21F2N3O2.HI/c1-2-8-21-12-5-4-11(13(9-12)22-14(16)17)10-20-15-18-6-3-7-19-15;/h4-5,9,14H,2-3,6-8,10H2,1H3,(H2,18,19,20);1H. The van der Waals surface area contributed by atoms with E-state index in [1.807, 2.05) is 6.92 Å². The Morgan fingerprint density at radius 1 is 1.39 bits per heavy atom. The van der Waals surface area contributed by atoms with Gasteiger partial charge in [0, 0.05) is 31.3 Å². The van der Waals surface area contributed by atoms with Crippen LogP contribution in [0.1, 0.15) is 25.3 Å². The monoisotopic (exact) mass is 441 g/mol. The quantitative estimate of drug-likeness (QED) is 0.639. The summed E-state index contributed by atoms with van der Waals surface area (Å²) in [6.45, 7) is 1.61. The number of hydrogen-bond donors (Lipinski definition) is 2. The molecule has 1 aromatic rings. The molecule has 8 heteroatoms. The van der Waals surface area contributed by atoms with Crippen molar-refractivity contribution in [2.24, 2.45) is 4.99 Å². The maximum atomic E-state index is 12.6. The maximum Gasteiger partial charge on any atom is 0.387 e. The molecule has 0 amide bonds. The highest BCUT2D eigenvalue weighted by Gasteiger charge is 2.12. The normalized spacial score (nSPS) is 13.7. The smallest absolute Gasteiger partial charge is 0.387 e. The fourth-order valence-electron chi connectivity index (χ4n) is 2.03. The minimum absolute atomic E-state index is 0. The molecule has 0 aromatic heterocycles. The van der Waals surface area contributed by atoms with Crippen molar-refractivity contribution in [1.29, 1.82) is 0 Å². The van der Waals surface area contributed by atoms with E-state index in [0.29, 0.717) is 30.4 Å². The Hall–Kier alpha value is -1.32. The van der Waals surface area contributed by atoms with Crippen LogP contribution in [0, 0.1) is 0 Å². The summed E-state index contributed by atoms with van der Waals surface area (Å²) in [7, 11) is 0. The molecular formula is C15H22F2IN3O2. The molecule has 2 rings (SSSR count). The average molecular weight is 441 g/mol. The van der Waals surface area contributed by atoms with Crippen molar-refractivity contribution in [3.8, 4) is 11.5 Å². The second kappa shape index (κ2) is 10.5. The number of aliphatic imine (C=N–C) groups is 1. The molecule has 23 heavy (non-hydrogen) atoms. The van der Waals surface area contributed by atoms with Crippen molar-refractivity contribution in [2.75, 3.05) is 19.7 Å². The predicted molar refractivity (Wildman–Crippen MR) is 96.0 cm³/mol. The molecule has 0 atom stereocenters. The molecule has 1 heterocycles.